The fourth-order valence-electron chi connectivity index (χ4n) is 5.60. The maximum atomic E-state index is 13.3. The lowest BCUT2D eigenvalue weighted by atomic mass is 9.81. The Balaban J connectivity index is 1.36. The molecule has 4 atom stereocenters. The maximum Gasteiger partial charge on any atom is 0.198 e. The Morgan fingerprint density at radius 2 is 1.50 bits per heavy atom. The number of carbonyl (C=O) groups excluding carboxylic acids is 2. The predicted molar refractivity (Wildman–Crippen MR) is 135 cm³/mol. The van der Waals surface area contributed by atoms with Gasteiger partial charge in [-0.15, -0.1) is 0 Å². The molecule has 2 fully saturated rings. The summed E-state index contributed by atoms with van der Waals surface area (Å²) < 4.78 is 24.8. The van der Waals surface area contributed by atoms with E-state index in [1.54, 1.807) is 26.0 Å². The van der Waals surface area contributed by atoms with Crippen LogP contribution in [0.3, 0.4) is 0 Å². The highest BCUT2D eigenvalue weighted by molar-refractivity contribution is 6.30. The Morgan fingerprint density at radius 1 is 0.868 bits per heavy atom. The van der Waals surface area contributed by atoms with Gasteiger partial charge >= 0.3 is 0 Å². The molecule has 0 radical (unpaired) electrons. The van der Waals surface area contributed by atoms with E-state index in [0.717, 1.165) is 5.56 Å². The molecule has 3 aromatic carbocycles. The lowest BCUT2D eigenvalue weighted by molar-refractivity contribution is -0.235. The van der Waals surface area contributed by atoms with Crippen molar-refractivity contribution in [2.24, 2.45) is 0 Å². The van der Waals surface area contributed by atoms with Crippen molar-refractivity contribution < 1.29 is 38.7 Å². The fraction of sp³-hybridized carbons (Fsp3) is 0.333. The summed E-state index contributed by atoms with van der Waals surface area (Å²) in [6.45, 7) is 5.76. The van der Waals surface area contributed by atoms with Crippen molar-refractivity contribution in [3.63, 3.8) is 0 Å². The van der Waals surface area contributed by atoms with Crippen molar-refractivity contribution in [2.75, 3.05) is 0 Å². The zero-order chi connectivity index (χ0) is 26.8. The third-order valence-corrected chi connectivity index (χ3v) is 7.59. The normalized spacial score (nSPS) is 27.2. The molecule has 0 bridgehead atoms. The van der Waals surface area contributed by atoms with E-state index in [9.17, 15) is 19.8 Å². The summed E-state index contributed by atoms with van der Waals surface area (Å²) in [5.74, 6) is -2.64. The number of carbonyl (C=O) groups is 2. The summed E-state index contributed by atoms with van der Waals surface area (Å²) in [6.07, 6.45) is -1.86. The molecule has 3 aliphatic rings. The minimum atomic E-state index is -1.00. The van der Waals surface area contributed by atoms with Gasteiger partial charge < -0.3 is 29.2 Å². The second kappa shape index (κ2) is 8.74. The van der Waals surface area contributed by atoms with Crippen molar-refractivity contribution in [2.45, 2.75) is 63.7 Å². The predicted octanol–water partition coefficient (Wildman–Crippen LogP) is 4.27. The van der Waals surface area contributed by atoms with Gasteiger partial charge in [0, 0.05) is 23.1 Å². The lowest BCUT2D eigenvalue weighted by Gasteiger charge is -2.35. The number of hydrogen-bond acceptors (Lipinski definition) is 8. The van der Waals surface area contributed by atoms with E-state index >= 15 is 0 Å². The molecule has 38 heavy (non-hydrogen) atoms. The van der Waals surface area contributed by atoms with E-state index in [0.29, 0.717) is 0 Å². The van der Waals surface area contributed by atoms with Crippen LogP contribution in [-0.4, -0.2) is 51.7 Å². The minimum absolute atomic E-state index is 0.0707. The van der Waals surface area contributed by atoms with E-state index in [4.69, 9.17) is 18.9 Å². The molecule has 0 unspecified atom stereocenters. The Bertz CT molecular complexity index is 1450. The molecule has 2 N–H and O–H groups in total. The molecule has 0 amide bonds. The maximum absolute atomic E-state index is 13.3. The Hall–Kier alpha value is -3.56. The zero-order valence-electron chi connectivity index (χ0n) is 21.3. The number of phenols is 2. The summed E-state index contributed by atoms with van der Waals surface area (Å²) in [7, 11) is 0. The van der Waals surface area contributed by atoms with E-state index in [2.05, 4.69) is 0 Å². The highest BCUT2D eigenvalue weighted by Crippen LogP contribution is 2.48. The van der Waals surface area contributed by atoms with Crippen LogP contribution in [0.25, 0.3) is 0 Å². The molecule has 3 aromatic rings. The smallest absolute Gasteiger partial charge is 0.198 e. The molecule has 2 aliphatic heterocycles. The molecule has 6 rings (SSSR count). The molecule has 8 heteroatoms. The molecule has 2 heterocycles. The fourth-order valence-corrected chi connectivity index (χ4v) is 5.60. The van der Waals surface area contributed by atoms with E-state index in [1.165, 1.54) is 18.2 Å². The summed E-state index contributed by atoms with van der Waals surface area (Å²) in [5.41, 5.74) is 0.185. The van der Waals surface area contributed by atoms with Crippen molar-refractivity contribution in [1.29, 1.82) is 0 Å². The molecule has 1 aliphatic carbocycles. The molecular formula is C30H28O8. The molecule has 0 spiro atoms. The minimum Gasteiger partial charge on any atom is -0.507 e. The molecular weight excluding hydrogens is 488 g/mol. The van der Waals surface area contributed by atoms with Gasteiger partial charge in [0.2, 0.25) is 0 Å². The highest BCUT2D eigenvalue weighted by atomic mass is 16.8. The van der Waals surface area contributed by atoms with Crippen LogP contribution in [0.4, 0.5) is 0 Å². The van der Waals surface area contributed by atoms with Crippen LogP contribution >= 0.6 is 0 Å². The average Bonchev–Trinajstić information content (AvgIpc) is 3.33. The number of phenolic OH excluding ortho intramolecular Hbond substituents is 2. The standard InChI is InChI=1S/C30H28O8/c1-29(2)37-27-28(38-29)36-21(30(27,3)35-15-16-9-5-4-6-10-16)14-17-13-20(31)22-23(24(17)32)26(34)19-12-8-7-11-18(19)25(22)33/h4-13,21,27-28,31-32H,14-15H2,1-3H3/t21-,27-,28+,30-/m1/s1. The van der Waals surface area contributed by atoms with Crippen molar-refractivity contribution in [1.82, 2.24) is 0 Å². The summed E-state index contributed by atoms with van der Waals surface area (Å²) in [6, 6.07) is 17.4. The van der Waals surface area contributed by atoms with Crippen LogP contribution in [0.15, 0.2) is 60.7 Å². The van der Waals surface area contributed by atoms with Crippen molar-refractivity contribution in [3.05, 3.63) is 94.0 Å². The van der Waals surface area contributed by atoms with Gasteiger partial charge in [-0.25, -0.2) is 0 Å². The van der Waals surface area contributed by atoms with Gasteiger partial charge in [0.05, 0.1) is 23.8 Å². The summed E-state index contributed by atoms with van der Waals surface area (Å²) in [5, 5.41) is 22.1. The van der Waals surface area contributed by atoms with Crippen LogP contribution in [0, 0.1) is 0 Å². The van der Waals surface area contributed by atoms with Gasteiger partial charge in [0.1, 0.15) is 23.2 Å². The largest absolute Gasteiger partial charge is 0.507 e. The first-order chi connectivity index (χ1) is 18.1. The first-order valence-electron chi connectivity index (χ1n) is 12.5. The van der Waals surface area contributed by atoms with Crippen LogP contribution < -0.4 is 0 Å². The second-order valence-electron chi connectivity index (χ2n) is 10.6. The highest BCUT2D eigenvalue weighted by Gasteiger charge is 2.62. The Kier molecular flexibility index (Phi) is 5.70. The number of fused-ring (bicyclic) bond motifs is 3. The summed E-state index contributed by atoms with van der Waals surface area (Å²) in [4.78, 5) is 26.4. The van der Waals surface area contributed by atoms with Gasteiger partial charge in [-0.3, -0.25) is 9.59 Å². The third-order valence-electron chi connectivity index (χ3n) is 7.59. The lowest BCUT2D eigenvalue weighted by Crippen LogP contribution is -2.49. The van der Waals surface area contributed by atoms with E-state index < -0.39 is 41.5 Å². The second-order valence-corrected chi connectivity index (χ2v) is 10.6. The van der Waals surface area contributed by atoms with E-state index in [1.807, 2.05) is 37.3 Å². The number of aromatic hydroxyl groups is 2. The number of benzene rings is 3. The van der Waals surface area contributed by atoms with Crippen LogP contribution in [0.1, 0.15) is 63.7 Å². The monoisotopic (exact) mass is 516 g/mol. The number of ketones is 2. The first kappa shape index (κ1) is 24.8. The Labute approximate surface area is 219 Å². The van der Waals surface area contributed by atoms with Gasteiger partial charge in [-0.1, -0.05) is 54.6 Å². The number of ether oxygens (including phenoxy) is 4. The number of hydrogen-bond donors (Lipinski definition) is 2. The Morgan fingerprint density at radius 3 is 2.18 bits per heavy atom. The third kappa shape index (κ3) is 3.84. The molecule has 8 nitrogen and oxygen atoms in total. The number of rotatable bonds is 5. The van der Waals surface area contributed by atoms with Crippen LogP contribution in [0.2, 0.25) is 0 Å². The average molecular weight is 517 g/mol. The topological polar surface area (TPSA) is 112 Å². The van der Waals surface area contributed by atoms with Crippen LogP contribution in [-0.2, 0) is 32.0 Å². The van der Waals surface area contributed by atoms with Gasteiger partial charge in [0.15, 0.2) is 23.6 Å². The quantitative estimate of drug-likeness (QED) is 0.379. The van der Waals surface area contributed by atoms with Crippen molar-refractivity contribution >= 4 is 11.6 Å². The molecule has 0 aromatic heterocycles. The first-order valence-corrected chi connectivity index (χ1v) is 12.5. The van der Waals surface area contributed by atoms with Crippen LogP contribution in [0.5, 0.6) is 11.5 Å². The molecule has 196 valence electrons. The molecule has 2 saturated heterocycles. The SMILES string of the molecule is CC1(C)O[C@@H]2O[C@H](Cc3cc(O)c4c(c3O)C(=O)c3ccccc3C4=O)[C@@](C)(OCc3ccccc3)[C@@H]2O1. The zero-order valence-corrected chi connectivity index (χ0v) is 21.3. The van der Waals surface area contributed by atoms with E-state index in [-0.39, 0.29) is 52.3 Å². The van der Waals surface area contributed by atoms with Gasteiger partial charge in [-0.05, 0) is 32.4 Å². The van der Waals surface area contributed by atoms with Gasteiger partial charge in [-0.2, -0.15) is 0 Å². The summed E-state index contributed by atoms with van der Waals surface area (Å²) >= 11 is 0. The van der Waals surface area contributed by atoms with Crippen molar-refractivity contribution in [3.8, 4) is 11.5 Å². The molecule has 0 saturated carbocycles. The van der Waals surface area contributed by atoms with Gasteiger partial charge in [0.25, 0.3) is 0 Å².